The smallest absolute Gasteiger partial charge is 0.270 e. The maximum atomic E-state index is 12.4. The first-order valence-electron chi connectivity index (χ1n) is 7.13. The van der Waals surface area contributed by atoms with Gasteiger partial charge in [-0.3, -0.25) is 4.79 Å². The van der Waals surface area contributed by atoms with Crippen LogP contribution in [0, 0.1) is 0 Å². The third-order valence-electron chi connectivity index (χ3n) is 3.65. The predicted molar refractivity (Wildman–Crippen MR) is 89.7 cm³/mol. The molecular weight excluding hydrogens is 344 g/mol. The second kappa shape index (κ2) is 5.96. The predicted octanol–water partition coefficient (Wildman–Crippen LogP) is 3.42. The molecule has 3 aromatic rings. The minimum Gasteiger partial charge on any atom is -0.356 e. The Morgan fingerprint density at radius 2 is 2.18 bits per heavy atom. The van der Waals surface area contributed by atoms with E-state index in [2.05, 4.69) is 43.5 Å². The molecule has 0 bridgehead atoms. The topological polar surface area (TPSA) is 53.9 Å². The number of halogens is 1. The number of aromatic nitrogens is 3. The summed E-state index contributed by atoms with van der Waals surface area (Å²) in [5.74, 6) is 0.839. The maximum Gasteiger partial charge on any atom is 0.270 e. The Hall–Kier alpha value is -2.08. The minimum atomic E-state index is -0.0552. The monoisotopic (exact) mass is 360 g/mol. The maximum absolute atomic E-state index is 12.4. The standard InChI is InChI=1S/C16H17BrN4O/c1-3-21-14-7-5-4-6-12(14)19-15(21)10-20(2)16(22)13-8-11(17)9-18-13/h4-9,18H,3,10H2,1-2H3. The van der Waals surface area contributed by atoms with E-state index in [-0.39, 0.29) is 5.91 Å². The molecular formula is C16H17BrN4O. The van der Waals surface area contributed by atoms with Gasteiger partial charge in [0.25, 0.3) is 5.91 Å². The van der Waals surface area contributed by atoms with Gasteiger partial charge in [0, 0.05) is 24.3 Å². The number of aryl methyl sites for hydroxylation is 1. The highest BCUT2D eigenvalue weighted by atomic mass is 79.9. The molecule has 6 heteroatoms. The zero-order chi connectivity index (χ0) is 15.7. The number of imidazole rings is 1. The normalized spacial score (nSPS) is 11.0. The molecule has 1 amide bonds. The van der Waals surface area contributed by atoms with Crippen LogP contribution >= 0.6 is 15.9 Å². The first kappa shape index (κ1) is 14.8. The summed E-state index contributed by atoms with van der Waals surface area (Å²) < 4.78 is 3.01. The average molecular weight is 361 g/mol. The number of carbonyl (C=O) groups is 1. The van der Waals surface area contributed by atoms with Gasteiger partial charge in [-0.25, -0.2) is 4.98 Å². The number of H-pyrrole nitrogens is 1. The highest BCUT2D eigenvalue weighted by Crippen LogP contribution is 2.18. The van der Waals surface area contributed by atoms with E-state index in [9.17, 15) is 4.79 Å². The van der Waals surface area contributed by atoms with E-state index >= 15 is 0 Å². The van der Waals surface area contributed by atoms with Gasteiger partial charge < -0.3 is 14.5 Å². The molecule has 0 saturated carbocycles. The number of hydrogen-bond donors (Lipinski definition) is 1. The van der Waals surface area contributed by atoms with Crippen molar-refractivity contribution in [2.24, 2.45) is 0 Å². The molecule has 0 atom stereocenters. The lowest BCUT2D eigenvalue weighted by atomic mass is 10.3. The lowest BCUT2D eigenvalue weighted by molar-refractivity contribution is 0.0775. The average Bonchev–Trinajstić information content (AvgIpc) is 3.09. The van der Waals surface area contributed by atoms with Crippen molar-refractivity contribution >= 4 is 32.9 Å². The third-order valence-corrected chi connectivity index (χ3v) is 4.11. The fourth-order valence-electron chi connectivity index (χ4n) is 2.58. The molecule has 0 saturated heterocycles. The molecule has 0 aliphatic heterocycles. The van der Waals surface area contributed by atoms with Crippen molar-refractivity contribution in [3.8, 4) is 0 Å². The van der Waals surface area contributed by atoms with Gasteiger partial charge in [-0.1, -0.05) is 12.1 Å². The first-order chi connectivity index (χ1) is 10.6. The zero-order valence-electron chi connectivity index (χ0n) is 12.5. The van der Waals surface area contributed by atoms with Crippen molar-refractivity contribution in [1.29, 1.82) is 0 Å². The highest BCUT2D eigenvalue weighted by Gasteiger charge is 2.17. The van der Waals surface area contributed by atoms with Crippen LogP contribution in [0.3, 0.4) is 0 Å². The molecule has 0 spiro atoms. The molecule has 22 heavy (non-hydrogen) atoms. The Morgan fingerprint density at radius 1 is 1.41 bits per heavy atom. The summed E-state index contributed by atoms with van der Waals surface area (Å²) in [6.45, 7) is 3.38. The summed E-state index contributed by atoms with van der Waals surface area (Å²) >= 11 is 3.34. The molecule has 1 N–H and O–H groups in total. The fourth-order valence-corrected chi connectivity index (χ4v) is 2.92. The number of rotatable bonds is 4. The van der Waals surface area contributed by atoms with Crippen LogP contribution in [0.15, 0.2) is 41.0 Å². The Balaban J connectivity index is 1.87. The van der Waals surface area contributed by atoms with Crippen LogP contribution in [0.1, 0.15) is 23.2 Å². The molecule has 114 valence electrons. The van der Waals surface area contributed by atoms with Crippen LogP contribution in [0.2, 0.25) is 0 Å². The largest absolute Gasteiger partial charge is 0.356 e. The summed E-state index contributed by atoms with van der Waals surface area (Å²) in [6, 6.07) is 9.81. The van der Waals surface area contributed by atoms with E-state index in [0.717, 1.165) is 27.9 Å². The number of nitrogens with zero attached hydrogens (tertiary/aromatic N) is 3. The number of benzene rings is 1. The summed E-state index contributed by atoms with van der Waals surface area (Å²) in [4.78, 5) is 21.7. The third kappa shape index (κ3) is 2.66. The van der Waals surface area contributed by atoms with Gasteiger partial charge in [-0.05, 0) is 41.1 Å². The Kier molecular flexibility index (Phi) is 4.02. The summed E-state index contributed by atoms with van der Waals surface area (Å²) in [5, 5.41) is 0. The van der Waals surface area contributed by atoms with E-state index < -0.39 is 0 Å². The van der Waals surface area contributed by atoms with Crippen LogP contribution in [0.4, 0.5) is 0 Å². The Labute approximate surface area is 137 Å². The number of carbonyl (C=O) groups excluding carboxylic acids is 1. The zero-order valence-corrected chi connectivity index (χ0v) is 14.1. The number of hydrogen-bond acceptors (Lipinski definition) is 2. The van der Waals surface area contributed by atoms with Crippen molar-refractivity contribution < 1.29 is 4.79 Å². The minimum absolute atomic E-state index is 0.0552. The van der Waals surface area contributed by atoms with Gasteiger partial charge in [0.15, 0.2) is 0 Å². The number of fused-ring (bicyclic) bond motifs is 1. The number of para-hydroxylation sites is 2. The van der Waals surface area contributed by atoms with Gasteiger partial charge >= 0.3 is 0 Å². The van der Waals surface area contributed by atoms with E-state index in [1.54, 1.807) is 24.2 Å². The van der Waals surface area contributed by atoms with Crippen LogP contribution in [-0.4, -0.2) is 32.4 Å². The number of nitrogens with one attached hydrogen (secondary N) is 1. The van der Waals surface area contributed by atoms with Crippen LogP contribution < -0.4 is 0 Å². The lowest BCUT2D eigenvalue weighted by Crippen LogP contribution is -2.28. The number of aromatic amines is 1. The summed E-state index contributed by atoms with van der Waals surface area (Å²) in [5.41, 5.74) is 2.62. The lowest BCUT2D eigenvalue weighted by Gasteiger charge is -2.16. The first-order valence-corrected chi connectivity index (χ1v) is 7.93. The molecule has 2 aromatic heterocycles. The van der Waals surface area contributed by atoms with Gasteiger partial charge in [-0.2, -0.15) is 0 Å². The van der Waals surface area contributed by atoms with Crippen molar-refractivity contribution in [3.05, 3.63) is 52.5 Å². The molecule has 0 unspecified atom stereocenters. The Bertz CT molecular complexity index is 821. The van der Waals surface area contributed by atoms with Crippen molar-refractivity contribution in [3.63, 3.8) is 0 Å². The molecule has 0 radical (unpaired) electrons. The highest BCUT2D eigenvalue weighted by molar-refractivity contribution is 9.10. The SMILES string of the molecule is CCn1c(CN(C)C(=O)c2cc(Br)c[nH]2)nc2ccccc21. The van der Waals surface area contributed by atoms with E-state index in [0.29, 0.717) is 12.2 Å². The quantitative estimate of drug-likeness (QED) is 0.774. The molecule has 0 aliphatic carbocycles. The summed E-state index contributed by atoms with van der Waals surface area (Å²) in [6.07, 6.45) is 1.75. The molecule has 5 nitrogen and oxygen atoms in total. The van der Waals surface area contributed by atoms with Crippen LogP contribution in [0.5, 0.6) is 0 Å². The van der Waals surface area contributed by atoms with E-state index in [1.807, 2.05) is 18.2 Å². The van der Waals surface area contributed by atoms with Gasteiger partial charge in [-0.15, -0.1) is 0 Å². The second-order valence-corrected chi connectivity index (χ2v) is 6.07. The van der Waals surface area contributed by atoms with Crippen LogP contribution in [-0.2, 0) is 13.1 Å². The molecule has 0 fully saturated rings. The van der Waals surface area contributed by atoms with E-state index in [4.69, 9.17) is 0 Å². The van der Waals surface area contributed by atoms with Crippen molar-refractivity contribution in [2.75, 3.05) is 7.05 Å². The number of amides is 1. The Morgan fingerprint density at radius 3 is 2.86 bits per heavy atom. The summed E-state index contributed by atoms with van der Waals surface area (Å²) in [7, 11) is 1.79. The molecule has 2 heterocycles. The molecule has 0 aliphatic rings. The van der Waals surface area contributed by atoms with Gasteiger partial charge in [0.05, 0.1) is 17.6 Å². The molecule has 1 aromatic carbocycles. The van der Waals surface area contributed by atoms with Gasteiger partial charge in [0.1, 0.15) is 11.5 Å². The van der Waals surface area contributed by atoms with Crippen molar-refractivity contribution in [2.45, 2.75) is 20.0 Å². The van der Waals surface area contributed by atoms with Crippen LogP contribution in [0.25, 0.3) is 11.0 Å². The molecule has 3 rings (SSSR count). The van der Waals surface area contributed by atoms with E-state index in [1.165, 1.54) is 0 Å². The second-order valence-electron chi connectivity index (χ2n) is 5.15. The van der Waals surface area contributed by atoms with Crippen molar-refractivity contribution in [1.82, 2.24) is 19.4 Å². The van der Waals surface area contributed by atoms with Gasteiger partial charge in [0.2, 0.25) is 0 Å². The fraction of sp³-hybridized carbons (Fsp3) is 0.250.